The molecule has 0 amide bonds. The van der Waals surface area contributed by atoms with E-state index in [9.17, 15) is 9.59 Å². The highest BCUT2D eigenvalue weighted by atomic mass is 127. The van der Waals surface area contributed by atoms with Crippen LogP contribution < -0.4 is 14.2 Å². The summed E-state index contributed by atoms with van der Waals surface area (Å²) in [5.74, 6) is 1.12. The number of nitrogens with zero attached hydrogens (tertiary/aromatic N) is 1. The van der Waals surface area contributed by atoms with Crippen LogP contribution in [-0.2, 0) is 19.0 Å². The molecule has 0 radical (unpaired) electrons. The summed E-state index contributed by atoms with van der Waals surface area (Å²) in [4.78, 5) is 28.2. The molecule has 0 unspecified atom stereocenters. The van der Waals surface area contributed by atoms with Gasteiger partial charge in [0.05, 0.1) is 56.9 Å². The van der Waals surface area contributed by atoms with Gasteiger partial charge in [0, 0.05) is 9.99 Å². The van der Waals surface area contributed by atoms with Gasteiger partial charge in [-0.15, -0.1) is 0 Å². The van der Waals surface area contributed by atoms with Gasteiger partial charge < -0.3 is 28.4 Å². The SMILES string of the molecule is CCCOc1ccc(-c2ccc(OC(=O)c3ccc(OCCOCCOCCOC(=O)CCI)cc3)cc2)nc1. The number of carbonyl (C=O) groups is 2. The summed E-state index contributed by atoms with van der Waals surface area (Å²) in [5.41, 5.74) is 2.12. The number of rotatable bonds is 18. The first-order valence-corrected chi connectivity index (χ1v) is 14.6. The number of hydrogen-bond acceptors (Lipinski definition) is 9. The van der Waals surface area contributed by atoms with E-state index >= 15 is 0 Å². The number of alkyl halides is 1. The van der Waals surface area contributed by atoms with Gasteiger partial charge in [0.1, 0.15) is 30.5 Å². The van der Waals surface area contributed by atoms with Crippen molar-refractivity contribution in [2.75, 3.05) is 50.7 Å². The van der Waals surface area contributed by atoms with Gasteiger partial charge in [-0.25, -0.2) is 4.79 Å². The van der Waals surface area contributed by atoms with Gasteiger partial charge in [0.25, 0.3) is 0 Å². The normalized spacial score (nSPS) is 10.7. The van der Waals surface area contributed by atoms with Crippen LogP contribution in [0.1, 0.15) is 30.1 Å². The van der Waals surface area contributed by atoms with Crippen molar-refractivity contribution < 1.29 is 38.0 Å². The topological polar surface area (TPSA) is 102 Å². The number of halogens is 1. The van der Waals surface area contributed by atoms with E-state index in [0.29, 0.717) is 63.1 Å². The van der Waals surface area contributed by atoms with Crippen LogP contribution in [0.5, 0.6) is 17.2 Å². The standard InChI is InChI=1S/C30H34INO8/c1-2-15-37-27-11-12-28(32-22-27)23-3-9-26(10-4-23)40-30(34)24-5-7-25(8-6-24)38-20-18-35-16-17-36-19-21-39-29(33)13-14-31/h3-12,22H,2,13-21H2,1H3. The monoisotopic (exact) mass is 663 g/mol. The number of ether oxygens (including phenoxy) is 6. The van der Waals surface area contributed by atoms with Crippen molar-refractivity contribution in [3.63, 3.8) is 0 Å². The molecule has 2 aromatic carbocycles. The Morgan fingerprint density at radius 3 is 2.00 bits per heavy atom. The fourth-order valence-electron chi connectivity index (χ4n) is 3.31. The fourth-order valence-corrected chi connectivity index (χ4v) is 3.75. The van der Waals surface area contributed by atoms with Crippen molar-refractivity contribution in [2.45, 2.75) is 19.8 Å². The molecule has 10 heteroatoms. The number of hydrogen-bond donors (Lipinski definition) is 0. The van der Waals surface area contributed by atoms with E-state index < -0.39 is 5.97 Å². The van der Waals surface area contributed by atoms with Crippen molar-refractivity contribution >= 4 is 34.5 Å². The zero-order valence-corrected chi connectivity index (χ0v) is 24.7. The van der Waals surface area contributed by atoms with E-state index in [-0.39, 0.29) is 12.6 Å². The number of aromatic nitrogens is 1. The molecule has 0 bridgehead atoms. The Morgan fingerprint density at radius 1 is 0.725 bits per heavy atom. The molecule has 0 saturated heterocycles. The molecule has 3 rings (SSSR count). The first-order chi connectivity index (χ1) is 19.6. The Labute approximate surface area is 248 Å². The largest absolute Gasteiger partial charge is 0.492 e. The van der Waals surface area contributed by atoms with E-state index in [2.05, 4.69) is 34.5 Å². The minimum atomic E-state index is -0.460. The molecule has 0 aliphatic heterocycles. The van der Waals surface area contributed by atoms with Gasteiger partial charge in [-0.3, -0.25) is 9.78 Å². The lowest BCUT2D eigenvalue weighted by molar-refractivity contribution is -0.144. The number of esters is 2. The highest BCUT2D eigenvalue weighted by Gasteiger charge is 2.10. The van der Waals surface area contributed by atoms with Crippen molar-refractivity contribution in [1.29, 1.82) is 0 Å². The summed E-state index contributed by atoms with van der Waals surface area (Å²) in [5, 5.41) is 0. The number of carbonyl (C=O) groups excluding carboxylic acids is 2. The van der Waals surface area contributed by atoms with Crippen LogP contribution >= 0.6 is 22.6 Å². The zero-order valence-electron chi connectivity index (χ0n) is 22.5. The summed E-state index contributed by atoms with van der Waals surface area (Å²) in [6.07, 6.45) is 3.05. The van der Waals surface area contributed by atoms with E-state index in [1.54, 1.807) is 42.6 Å². The molecule has 214 valence electrons. The van der Waals surface area contributed by atoms with Crippen LogP contribution in [-0.4, -0.2) is 67.6 Å². The second-order valence-corrected chi connectivity index (χ2v) is 9.48. The van der Waals surface area contributed by atoms with Crippen LogP contribution in [0.3, 0.4) is 0 Å². The Bertz CT molecular complexity index is 1150. The predicted octanol–water partition coefficient (Wildman–Crippen LogP) is 5.54. The molecule has 3 aromatic rings. The average Bonchev–Trinajstić information content (AvgIpc) is 2.98. The van der Waals surface area contributed by atoms with Crippen molar-refractivity contribution in [2.24, 2.45) is 0 Å². The van der Waals surface area contributed by atoms with Gasteiger partial charge in [-0.2, -0.15) is 0 Å². The summed E-state index contributed by atoms with van der Waals surface area (Å²) < 4.78 is 33.3. The molecule has 9 nitrogen and oxygen atoms in total. The van der Waals surface area contributed by atoms with Gasteiger partial charge >= 0.3 is 11.9 Å². The minimum Gasteiger partial charge on any atom is -0.492 e. The molecule has 0 spiro atoms. The van der Waals surface area contributed by atoms with Crippen LogP contribution in [0.15, 0.2) is 66.9 Å². The van der Waals surface area contributed by atoms with E-state index in [1.807, 2.05) is 24.3 Å². The predicted molar refractivity (Wildman–Crippen MR) is 158 cm³/mol. The molecule has 0 atom stereocenters. The molecule has 1 aromatic heterocycles. The van der Waals surface area contributed by atoms with Crippen molar-refractivity contribution in [3.8, 4) is 28.5 Å². The van der Waals surface area contributed by atoms with Gasteiger partial charge in [-0.1, -0.05) is 29.5 Å². The maximum Gasteiger partial charge on any atom is 0.343 e. The number of pyridine rings is 1. The van der Waals surface area contributed by atoms with Crippen LogP contribution in [0.25, 0.3) is 11.3 Å². The van der Waals surface area contributed by atoms with Gasteiger partial charge in [0.15, 0.2) is 0 Å². The lowest BCUT2D eigenvalue weighted by Crippen LogP contribution is -2.14. The first kappa shape index (κ1) is 31.3. The quantitative estimate of drug-likeness (QED) is 0.0571. The second kappa shape index (κ2) is 18.2. The van der Waals surface area contributed by atoms with Gasteiger partial charge in [0.2, 0.25) is 0 Å². The third-order valence-electron chi connectivity index (χ3n) is 5.32. The van der Waals surface area contributed by atoms with E-state index in [4.69, 9.17) is 28.4 Å². The molecular formula is C30H34INO8. The van der Waals surface area contributed by atoms with Gasteiger partial charge in [-0.05, 0) is 67.1 Å². The maximum atomic E-state index is 12.5. The third-order valence-corrected chi connectivity index (χ3v) is 5.86. The highest BCUT2D eigenvalue weighted by molar-refractivity contribution is 14.1. The molecule has 0 fully saturated rings. The molecule has 40 heavy (non-hydrogen) atoms. The summed E-state index contributed by atoms with van der Waals surface area (Å²) >= 11 is 2.13. The smallest absolute Gasteiger partial charge is 0.343 e. The highest BCUT2D eigenvalue weighted by Crippen LogP contribution is 2.23. The summed E-state index contributed by atoms with van der Waals surface area (Å²) in [6, 6.07) is 17.7. The number of benzene rings is 2. The molecular weight excluding hydrogens is 629 g/mol. The minimum absolute atomic E-state index is 0.212. The van der Waals surface area contributed by atoms with Crippen molar-refractivity contribution in [1.82, 2.24) is 4.98 Å². The lowest BCUT2D eigenvalue weighted by Gasteiger charge is -2.09. The average molecular weight is 664 g/mol. The Hall–Kier alpha value is -3.22. The Balaban J connectivity index is 1.31. The molecule has 1 heterocycles. The second-order valence-electron chi connectivity index (χ2n) is 8.40. The maximum absolute atomic E-state index is 12.5. The van der Waals surface area contributed by atoms with E-state index in [0.717, 1.165) is 27.9 Å². The molecule has 0 N–H and O–H groups in total. The van der Waals surface area contributed by atoms with Crippen LogP contribution in [0.2, 0.25) is 0 Å². The lowest BCUT2D eigenvalue weighted by atomic mass is 10.1. The molecule has 0 aliphatic rings. The summed E-state index contributed by atoms with van der Waals surface area (Å²) in [7, 11) is 0. The van der Waals surface area contributed by atoms with Crippen LogP contribution in [0.4, 0.5) is 0 Å². The molecule has 0 aliphatic carbocycles. The first-order valence-electron chi connectivity index (χ1n) is 13.1. The van der Waals surface area contributed by atoms with Crippen LogP contribution in [0, 0.1) is 0 Å². The zero-order chi connectivity index (χ0) is 28.4. The van der Waals surface area contributed by atoms with Crippen molar-refractivity contribution in [3.05, 3.63) is 72.4 Å². The Kier molecular flexibility index (Phi) is 14.2. The summed E-state index contributed by atoms with van der Waals surface area (Å²) in [6.45, 7) is 4.86. The fraction of sp³-hybridized carbons (Fsp3) is 0.367. The molecule has 0 saturated carbocycles. The Morgan fingerprint density at radius 2 is 1.35 bits per heavy atom. The third kappa shape index (κ3) is 11.5. The van der Waals surface area contributed by atoms with E-state index in [1.165, 1.54) is 0 Å².